The zero-order valence-electron chi connectivity index (χ0n) is 8.86. The molecule has 0 atom stereocenters. The van der Waals surface area contributed by atoms with Crippen LogP contribution in [0.1, 0.15) is 20.8 Å². The molecule has 0 aliphatic heterocycles. The Morgan fingerprint density at radius 3 is 2.86 bits per heavy atom. The highest BCUT2D eigenvalue weighted by Crippen LogP contribution is 2.20. The Bertz CT molecular complexity index is 437. The van der Waals surface area contributed by atoms with Crippen LogP contribution in [0.5, 0.6) is 0 Å². The van der Waals surface area contributed by atoms with Gasteiger partial charge in [0, 0.05) is 24.3 Å². The molecule has 2 rings (SSSR count). The second-order valence-electron chi connectivity index (χ2n) is 4.81. The van der Waals surface area contributed by atoms with Crippen molar-refractivity contribution in [3.63, 3.8) is 0 Å². The van der Waals surface area contributed by atoms with E-state index in [0.717, 1.165) is 17.6 Å². The second-order valence-corrected chi connectivity index (χ2v) is 4.81. The smallest absolute Gasteiger partial charge is 0.143 e. The van der Waals surface area contributed by atoms with Gasteiger partial charge in [0.2, 0.25) is 0 Å². The minimum atomic E-state index is 0.275. The standard InChI is InChI=1S/C11H15N3/c1-11(2,3)7-14-5-4-9-6-12-8-13-10(9)14/h4-6,8H,7H2,1-3H3. The van der Waals surface area contributed by atoms with Crippen molar-refractivity contribution < 1.29 is 0 Å². The first-order valence-corrected chi connectivity index (χ1v) is 4.81. The molecule has 74 valence electrons. The van der Waals surface area contributed by atoms with E-state index in [2.05, 4.69) is 47.6 Å². The third kappa shape index (κ3) is 1.76. The molecule has 0 fully saturated rings. The quantitative estimate of drug-likeness (QED) is 0.690. The van der Waals surface area contributed by atoms with Crippen LogP contribution in [0.4, 0.5) is 0 Å². The van der Waals surface area contributed by atoms with Crippen LogP contribution >= 0.6 is 0 Å². The van der Waals surface area contributed by atoms with Crippen molar-refractivity contribution >= 4 is 11.0 Å². The summed E-state index contributed by atoms with van der Waals surface area (Å²) in [6.07, 6.45) is 5.52. The molecule has 2 aromatic rings. The molecule has 0 spiro atoms. The molecule has 0 N–H and O–H groups in total. The number of rotatable bonds is 1. The van der Waals surface area contributed by atoms with E-state index in [1.54, 1.807) is 6.33 Å². The van der Waals surface area contributed by atoms with E-state index in [4.69, 9.17) is 0 Å². The van der Waals surface area contributed by atoms with Crippen LogP contribution < -0.4 is 0 Å². The van der Waals surface area contributed by atoms with Gasteiger partial charge < -0.3 is 4.57 Å². The first-order chi connectivity index (χ1) is 6.56. The Hall–Kier alpha value is -1.38. The molecule has 0 bridgehead atoms. The first-order valence-electron chi connectivity index (χ1n) is 4.81. The van der Waals surface area contributed by atoms with E-state index in [1.165, 1.54) is 0 Å². The summed E-state index contributed by atoms with van der Waals surface area (Å²) in [5.74, 6) is 0. The summed E-state index contributed by atoms with van der Waals surface area (Å²) < 4.78 is 2.18. The second kappa shape index (κ2) is 3.08. The molecule has 3 nitrogen and oxygen atoms in total. The van der Waals surface area contributed by atoms with E-state index >= 15 is 0 Å². The van der Waals surface area contributed by atoms with E-state index in [0.29, 0.717) is 0 Å². The van der Waals surface area contributed by atoms with Crippen LogP contribution in [-0.2, 0) is 6.54 Å². The average Bonchev–Trinajstić information content (AvgIpc) is 2.47. The average molecular weight is 189 g/mol. The van der Waals surface area contributed by atoms with Gasteiger partial charge in [-0.3, -0.25) is 0 Å². The van der Waals surface area contributed by atoms with Crippen molar-refractivity contribution in [2.24, 2.45) is 5.41 Å². The molecule has 2 heterocycles. The van der Waals surface area contributed by atoms with E-state index < -0.39 is 0 Å². The van der Waals surface area contributed by atoms with E-state index in [-0.39, 0.29) is 5.41 Å². The lowest BCUT2D eigenvalue weighted by molar-refractivity contribution is 0.348. The van der Waals surface area contributed by atoms with Crippen LogP contribution in [0, 0.1) is 5.41 Å². The fourth-order valence-electron chi connectivity index (χ4n) is 1.57. The molecule has 0 saturated carbocycles. The number of nitrogens with zero attached hydrogens (tertiary/aromatic N) is 3. The minimum Gasteiger partial charge on any atom is -0.332 e. The van der Waals surface area contributed by atoms with Gasteiger partial charge in [0.1, 0.15) is 12.0 Å². The van der Waals surface area contributed by atoms with E-state index in [1.807, 2.05) is 6.20 Å². The molecule has 0 aromatic carbocycles. The predicted molar refractivity (Wildman–Crippen MR) is 57.0 cm³/mol. The van der Waals surface area contributed by atoms with Crippen molar-refractivity contribution in [3.8, 4) is 0 Å². The highest BCUT2D eigenvalue weighted by atomic mass is 15.0. The molecule has 0 aliphatic rings. The van der Waals surface area contributed by atoms with Gasteiger partial charge in [-0.1, -0.05) is 20.8 Å². The Labute approximate surface area is 83.8 Å². The molecule has 14 heavy (non-hydrogen) atoms. The van der Waals surface area contributed by atoms with Gasteiger partial charge in [0.05, 0.1) is 0 Å². The van der Waals surface area contributed by atoms with Gasteiger partial charge >= 0.3 is 0 Å². The Morgan fingerprint density at radius 1 is 1.36 bits per heavy atom. The Balaban J connectivity index is 2.44. The predicted octanol–water partition coefficient (Wildman–Crippen LogP) is 2.48. The third-order valence-corrected chi connectivity index (χ3v) is 2.07. The summed E-state index contributed by atoms with van der Waals surface area (Å²) in [7, 11) is 0. The maximum absolute atomic E-state index is 4.28. The molecular weight excluding hydrogens is 174 g/mol. The fraction of sp³-hybridized carbons (Fsp3) is 0.455. The zero-order chi connectivity index (χ0) is 10.2. The van der Waals surface area contributed by atoms with Gasteiger partial charge in [-0.2, -0.15) is 0 Å². The SMILES string of the molecule is CC(C)(C)Cn1ccc2cncnc21. The topological polar surface area (TPSA) is 30.7 Å². The highest BCUT2D eigenvalue weighted by Gasteiger charge is 2.12. The summed E-state index contributed by atoms with van der Waals surface area (Å²) in [5, 5.41) is 1.11. The van der Waals surface area contributed by atoms with Gasteiger partial charge in [-0.15, -0.1) is 0 Å². The summed E-state index contributed by atoms with van der Waals surface area (Å²) >= 11 is 0. The van der Waals surface area contributed by atoms with Crippen molar-refractivity contribution in [1.29, 1.82) is 0 Å². The molecule has 0 amide bonds. The maximum Gasteiger partial charge on any atom is 0.143 e. The summed E-state index contributed by atoms with van der Waals surface area (Å²) in [6, 6.07) is 2.06. The molecular formula is C11H15N3. The van der Waals surface area contributed by atoms with Gasteiger partial charge in [-0.25, -0.2) is 9.97 Å². The number of fused-ring (bicyclic) bond motifs is 1. The van der Waals surface area contributed by atoms with Gasteiger partial charge in [0.25, 0.3) is 0 Å². The van der Waals surface area contributed by atoms with Crippen LogP contribution in [0.3, 0.4) is 0 Å². The first kappa shape index (κ1) is 9.19. The number of hydrogen-bond donors (Lipinski definition) is 0. The lowest BCUT2D eigenvalue weighted by Crippen LogP contribution is -2.14. The minimum absolute atomic E-state index is 0.275. The van der Waals surface area contributed by atoms with Crippen LogP contribution in [0.15, 0.2) is 24.8 Å². The largest absolute Gasteiger partial charge is 0.332 e. The number of hydrogen-bond acceptors (Lipinski definition) is 2. The molecule has 0 aliphatic carbocycles. The van der Waals surface area contributed by atoms with Gasteiger partial charge in [-0.05, 0) is 11.5 Å². The monoisotopic (exact) mass is 189 g/mol. The summed E-state index contributed by atoms with van der Waals surface area (Å²) in [5.41, 5.74) is 1.30. The van der Waals surface area contributed by atoms with Crippen LogP contribution in [-0.4, -0.2) is 14.5 Å². The van der Waals surface area contributed by atoms with Crippen LogP contribution in [0.25, 0.3) is 11.0 Å². The van der Waals surface area contributed by atoms with Crippen molar-refractivity contribution in [2.45, 2.75) is 27.3 Å². The number of aromatic nitrogens is 3. The van der Waals surface area contributed by atoms with E-state index in [9.17, 15) is 0 Å². The lowest BCUT2D eigenvalue weighted by atomic mass is 9.97. The molecule has 2 aromatic heterocycles. The fourth-order valence-corrected chi connectivity index (χ4v) is 1.57. The Kier molecular flexibility index (Phi) is 2.02. The molecule has 0 unspecified atom stereocenters. The molecule has 0 radical (unpaired) electrons. The van der Waals surface area contributed by atoms with Crippen molar-refractivity contribution in [2.75, 3.05) is 0 Å². The lowest BCUT2D eigenvalue weighted by Gasteiger charge is -2.19. The van der Waals surface area contributed by atoms with Crippen molar-refractivity contribution in [1.82, 2.24) is 14.5 Å². The maximum atomic E-state index is 4.28. The molecule has 3 heteroatoms. The molecule has 0 saturated heterocycles. The zero-order valence-corrected chi connectivity index (χ0v) is 8.86. The van der Waals surface area contributed by atoms with Crippen LogP contribution in [0.2, 0.25) is 0 Å². The van der Waals surface area contributed by atoms with Crippen molar-refractivity contribution in [3.05, 3.63) is 24.8 Å². The summed E-state index contributed by atoms with van der Waals surface area (Å²) in [6.45, 7) is 7.65. The normalized spacial score (nSPS) is 12.2. The Morgan fingerprint density at radius 2 is 2.14 bits per heavy atom. The van der Waals surface area contributed by atoms with Gasteiger partial charge in [0.15, 0.2) is 0 Å². The highest BCUT2D eigenvalue weighted by molar-refractivity contribution is 5.74. The summed E-state index contributed by atoms with van der Waals surface area (Å²) in [4.78, 5) is 8.28. The third-order valence-electron chi connectivity index (χ3n) is 2.07.